The van der Waals surface area contributed by atoms with Gasteiger partial charge < -0.3 is 15.0 Å². The highest BCUT2D eigenvalue weighted by Gasteiger charge is 2.34. The van der Waals surface area contributed by atoms with Crippen molar-refractivity contribution < 1.29 is 22.7 Å². The van der Waals surface area contributed by atoms with E-state index in [2.05, 4.69) is 5.32 Å². The molecule has 0 bridgehead atoms. The molecule has 3 aromatic rings. The summed E-state index contributed by atoms with van der Waals surface area (Å²) in [5, 5.41) is 3.42. The molecule has 0 aromatic heterocycles. The van der Waals surface area contributed by atoms with E-state index in [0.717, 1.165) is 9.87 Å². The van der Waals surface area contributed by atoms with Crippen LogP contribution in [-0.2, 0) is 26.2 Å². The number of nitrogens with zero attached hydrogens (tertiary/aromatic N) is 2. The highest BCUT2D eigenvalue weighted by molar-refractivity contribution is 7.92. The van der Waals surface area contributed by atoms with Gasteiger partial charge in [0.25, 0.3) is 10.0 Å². The zero-order valence-electron chi connectivity index (χ0n) is 22.5. The Kier molecular flexibility index (Phi) is 10.4. The molecule has 8 nitrogen and oxygen atoms in total. The first kappa shape index (κ1) is 30.0. The molecule has 3 aromatic carbocycles. The second-order valence-electron chi connectivity index (χ2n) is 9.23. The summed E-state index contributed by atoms with van der Waals surface area (Å²) in [5.41, 5.74) is 0.960. The molecule has 3 rings (SSSR count). The van der Waals surface area contributed by atoms with Gasteiger partial charge in [0.1, 0.15) is 18.3 Å². The fraction of sp³-hybridized carbons (Fsp3) is 0.310. The summed E-state index contributed by atoms with van der Waals surface area (Å²) in [7, 11) is -2.74. The van der Waals surface area contributed by atoms with Crippen molar-refractivity contribution in [3.05, 3.63) is 89.4 Å². The number of sulfonamides is 1. The number of halogens is 1. The number of para-hydroxylation sites is 2. The van der Waals surface area contributed by atoms with Crippen molar-refractivity contribution in [2.45, 2.75) is 50.7 Å². The van der Waals surface area contributed by atoms with E-state index in [1.165, 1.54) is 24.1 Å². The smallest absolute Gasteiger partial charge is 0.264 e. The van der Waals surface area contributed by atoms with Gasteiger partial charge in [0.2, 0.25) is 11.8 Å². The number of amides is 2. The summed E-state index contributed by atoms with van der Waals surface area (Å²) >= 11 is 6.05. The average Bonchev–Trinajstić information content (AvgIpc) is 2.92. The molecule has 2 amide bonds. The first-order chi connectivity index (χ1) is 18.6. The lowest BCUT2D eigenvalue weighted by Gasteiger charge is -2.33. The lowest BCUT2D eigenvalue weighted by atomic mass is 10.1. The first-order valence-corrected chi connectivity index (χ1v) is 14.4. The van der Waals surface area contributed by atoms with Crippen molar-refractivity contribution in [2.75, 3.05) is 18.0 Å². The van der Waals surface area contributed by atoms with Gasteiger partial charge in [-0.25, -0.2) is 8.42 Å². The van der Waals surface area contributed by atoms with E-state index < -0.39 is 28.5 Å². The monoisotopic (exact) mass is 571 g/mol. The summed E-state index contributed by atoms with van der Waals surface area (Å²) in [5.74, 6) is -0.565. The molecular weight excluding hydrogens is 538 g/mol. The number of anilines is 1. The molecule has 0 saturated heterocycles. The Labute approximate surface area is 235 Å². The fourth-order valence-electron chi connectivity index (χ4n) is 4.16. The molecular formula is C29H34ClN3O5S. The molecule has 0 aliphatic rings. The maximum absolute atomic E-state index is 14.0. The lowest BCUT2D eigenvalue weighted by Crippen LogP contribution is -2.53. The summed E-state index contributed by atoms with van der Waals surface area (Å²) < 4.78 is 34.2. The Morgan fingerprint density at radius 2 is 1.56 bits per heavy atom. The third-order valence-corrected chi connectivity index (χ3v) is 8.07. The number of rotatable bonds is 12. The van der Waals surface area contributed by atoms with Gasteiger partial charge in [0.15, 0.2) is 0 Å². The van der Waals surface area contributed by atoms with Crippen LogP contribution >= 0.6 is 11.6 Å². The highest BCUT2D eigenvalue weighted by Crippen LogP contribution is 2.32. The van der Waals surface area contributed by atoms with Crippen LogP contribution in [0, 0.1) is 0 Å². The SMILES string of the molecule is CC[C@@H](C(=O)NC(C)C)N(Cc1ccc(Cl)cc1)C(=O)CN(c1ccccc1OC)S(=O)(=O)c1ccccc1. The lowest BCUT2D eigenvalue weighted by molar-refractivity contribution is -0.140. The van der Waals surface area contributed by atoms with Crippen LogP contribution in [0.2, 0.25) is 5.02 Å². The zero-order valence-corrected chi connectivity index (χ0v) is 24.1. The summed E-state index contributed by atoms with van der Waals surface area (Å²) in [6, 6.07) is 20.5. The molecule has 0 radical (unpaired) electrons. The number of hydrogen-bond donors (Lipinski definition) is 1. The summed E-state index contributed by atoms with van der Waals surface area (Å²) in [6.07, 6.45) is 0.331. The number of ether oxygens (including phenoxy) is 1. The van der Waals surface area contributed by atoms with E-state index in [0.29, 0.717) is 17.2 Å². The fourth-order valence-corrected chi connectivity index (χ4v) is 5.73. The largest absolute Gasteiger partial charge is 0.495 e. The Bertz CT molecular complexity index is 1370. The van der Waals surface area contributed by atoms with Crippen molar-refractivity contribution in [3.63, 3.8) is 0 Å². The second-order valence-corrected chi connectivity index (χ2v) is 11.5. The van der Waals surface area contributed by atoms with Gasteiger partial charge in [-0.2, -0.15) is 0 Å². The molecule has 0 aliphatic heterocycles. The average molecular weight is 572 g/mol. The molecule has 0 aliphatic carbocycles. The van der Waals surface area contributed by atoms with Crippen molar-refractivity contribution in [1.82, 2.24) is 10.2 Å². The van der Waals surface area contributed by atoms with Crippen LogP contribution in [0.3, 0.4) is 0 Å². The number of methoxy groups -OCH3 is 1. The van der Waals surface area contributed by atoms with Crippen molar-refractivity contribution in [1.29, 1.82) is 0 Å². The van der Waals surface area contributed by atoms with E-state index in [1.54, 1.807) is 66.7 Å². The standard InChI is InChI=1S/C29H34ClN3O5S/c1-5-25(29(35)31-21(2)3)32(19-22-15-17-23(30)18-16-22)28(34)20-33(26-13-9-10-14-27(26)38-4)39(36,37)24-11-7-6-8-12-24/h6-18,21,25H,5,19-20H2,1-4H3,(H,31,35)/t25-/m0/s1. The van der Waals surface area contributed by atoms with Crippen LogP contribution in [0.25, 0.3) is 0 Å². The van der Waals surface area contributed by atoms with Crippen LogP contribution in [-0.4, -0.2) is 50.9 Å². The van der Waals surface area contributed by atoms with Gasteiger partial charge in [-0.3, -0.25) is 13.9 Å². The van der Waals surface area contributed by atoms with Gasteiger partial charge in [0, 0.05) is 17.6 Å². The molecule has 0 spiro atoms. The number of benzene rings is 3. The van der Waals surface area contributed by atoms with Crippen molar-refractivity contribution in [2.24, 2.45) is 0 Å². The molecule has 1 N–H and O–H groups in total. The highest BCUT2D eigenvalue weighted by atomic mass is 35.5. The van der Waals surface area contributed by atoms with Crippen molar-refractivity contribution >= 4 is 39.1 Å². The topological polar surface area (TPSA) is 96.0 Å². The Morgan fingerprint density at radius 1 is 0.949 bits per heavy atom. The van der Waals surface area contributed by atoms with Gasteiger partial charge in [-0.1, -0.05) is 61.0 Å². The number of hydrogen-bond acceptors (Lipinski definition) is 5. The Balaban J connectivity index is 2.08. The van der Waals surface area contributed by atoms with Gasteiger partial charge in [-0.15, -0.1) is 0 Å². The Hall–Kier alpha value is -3.56. The van der Waals surface area contributed by atoms with Crippen molar-refractivity contribution in [3.8, 4) is 5.75 Å². The van der Waals surface area contributed by atoms with E-state index >= 15 is 0 Å². The van der Waals surface area contributed by atoms with Crippen LogP contribution in [0.5, 0.6) is 5.75 Å². The Morgan fingerprint density at radius 3 is 2.15 bits per heavy atom. The van der Waals surface area contributed by atoms with E-state index in [1.807, 2.05) is 20.8 Å². The quantitative estimate of drug-likeness (QED) is 0.334. The predicted octanol–water partition coefficient (Wildman–Crippen LogP) is 4.88. The molecule has 39 heavy (non-hydrogen) atoms. The molecule has 0 heterocycles. The maximum atomic E-state index is 14.0. The second kappa shape index (κ2) is 13.5. The van der Waals surface area contributed by atoms with E-state index in [4.69, 9.17) is 16.3 Å². The summed E-state index contributed by atoms with van der Waals surface area (Å²) in [4.78, 5) is 28.7. The molecule has 0 unspecified atom stereocenters. The third kappa shape index (κ3) is 7.52. The minimum absolute atomic E-state index is 0.0255. The van der Waals surface area contributed by atoms with Gasteiger partial charge in [-0.05, 0) is 62.2 Å². The van der Waals surface area contributed by atoms with Gasteiger partial charge in [0.05, 0.1) is 17.7 Å². The van der Waals surface area contributed by atoms with Crippen LogP contribution < -0.4 is 14.4 Å². The minimum Gasteiger partial charge on any atom is -0.495 e. The molecule has 1 atom stereocenters. The van der Waals surface area contributed by atoms with Crippen LogP contribution in [0.15, 0.2) is 83.8 Å². The zero-order chi connectivity index (χ0) is 28.6. The van der Waals surface area contributed by atoms with Crippen LogP contribution in [0.1, 0.15) is 32.8 Å². The normalized spacial score (nSPS) is 12.1. The molecule has 10 heteroatoms. The molecule has 0 fully saturated rings. The van der Waals surface area contributed by atoms with Gasteiger partial charge >= 0.3 is 0 Å². The third-order valence-electron chi connectivity index (χ3n) is 6.05. The first-order valence-electron chi connectivity index (χ1n) is 12.6. The number of carbonyl (C=O) groups is 2. The minimum atomic E-state index is -4.18. The summed E-state index contributed by atoms with van der Waals surface area (Å²) in [6.45, 7) is 5.03. The molecule has 208 valence electrons. The number of nitrogens with one attached hydrogen (secondary N) is 1. The van der Waals surface area contributed by atoms with E-state index in [9.17, 15) is 18.0 Å². The predicted molar refractivity (Wildman–Crippen MR) is 153 cm³/mol. The van der Waals surface area contributed by atoms with Crippen LogP contribution in [0.4, 0.5) is 5.69 Å². The maximum Gasteiger partial charge on any atom is 0.264 e. The number of carbonyl (C=O) groups excluding carboxylic acids is 2. The molecule has 0 saturated carbocycles. The van der Waals surface area contributed by atoms with E-state index in [-0.39, 0.29) is 29.1 Å².